The van der Waals surface area contributed by atoms with E-state index in [1.165, 1.54) is 13.2 Å². The number of amides is 2. The number of hydrazine groups is 1. The van der Waals surface area contributed by atoms with Gasteiger partial charge in [-0.1, -0.05) is 17.7 Å². The number of carbonyl (C=O) groups is 2. The summed E-state index contributed by atoms with van der Waals surface area (Å²) in [6, 6.07) is 6.62. The second-order valence-electron chi connectivity index (χ2n) is 4.97. The van der Waals surface area contributed by atoms with E-state index in [0.29, 0.717) is 17.0 Å². The van der Waals surface area contributed by atoms with E-state index in [-0.39, 0.29) is 16.9 Å². The van der Waals surface area contributed by atoms with Gasteiger partial charge in [-0.2, -0.15) is 0 Å². The average Bonchev–Trinajstić information content (AvgIpc) is 2.61. The zero-order valence-electron chi connectivity index (χ0n) is 13.6. The zero-order chi connectivity index (χ0) is 18.4. The number of hydrogen-bond acceptors (Lipinski definition) is 6. The Bertz CT molecular complexity index is 811. The fraction of sp³-hybridized carbons (Fsp3) is 0.125. The van der Waals surface area contributed by atoms with Crippen LogP contribution in [-0.4, -0.2) is 37.6 Å². The first kappa shape index (κ1) is 18.2. The van der Waals surface area contributed by atoms with E-state index in [2.05, 4.69) is 21.0 Å². The highest BCUT2D eigenvalue weighted by atomic mass is 35.5. The minimum Gasteiger partial charge on any atom is -0.341 e. The van der Waals surface area contributed by atoms with Crippen molar-refractivity contribution in [1.29, 1.82) is 5.41 Å². The number of aldehydes is 1. The summed E-state index contributed by atoms with van der Waals surface area (Å²) in [5, 5.41) is 14.8. The molecule has 0 aliphatic heterocycles. The van der Waals surface area contributed by atoms with Gasteiger partial charge in [0.05, 0.1) is 22.5 Å². The van der Waals surface area contributed by atoms with Crippen LogP contribution < -0.4 is 21.1 Å². The molecule has 0 atom stereocenters. The van der Waals surface area contributed by atoms with Crippen LogP contribution in [0.15, 0.2) is 30.5 Å². The van der Waals surface area contributed by atoms with Crippen molar-refractivity contribution in [1.82, 2.24) is 10.3 Å². The van der Waals surface area contributed by atoms with Crippen LogP contribution in [0.3, 0.4) is 0 Å². The van der Waals surface area contributed by atoms with Crippen LogP contribution >= 0.6 is 11.6 Å². The Hall–Kier alpha value is -3.13. The summed E-state index contributed by atoms with van der Waals surface area (Å²) in [6.45, 7) is 0. The molecule has 0 aliphatic carbocycles. The van der Waals surface area contributed by atoms with E-state index in [4.69, 9.17) is 17.0 Å². The monoisotopic (exact) mass is 360 g/mol. The summed E-state index contributed by atoms with van der Waals surface area (Å²) in [4.78, 5) is 26.9. The van der Waals surface area contributed by atoms with Crippen LogP contribution in [0.25, 0.3) is 0 Å². The standard InChI is InChI=1S/C16H17ClN6O2/c1-19-16(25)21-15-13(7-18)14(10(9-24)8-20-15)22-23(2)12-5-3-4-11(17)6-12/h3-9,18H,1-2H3,(H3,19,20,21,22,25). The van der Waals surface area contributed by atoms with Gasteiger partial charge in [0.2, 0.25) is 0 Å². The SMILES string of the molecule is CNC(=O)Nc1ncc(C=O)c(NN(C)c2cccc(Cl)c2)c1C=N. The molecule has 4 N–H and O–H groups in total. The van der Waals surface area contributed by atoms with Crippen LogP contribution in [0.2, 0.25) is 5.02 Å². The molecule has 2 rings (SSSR count). The number of urea groups is 1. The van der Waals surface area contributed by atoms with Crippen molar-refractivity contribution in [3.05, 3.63) is 46.6 Å². The van der Waals surface area contributed by atoms with Gasteiger partial charge in [-0.05, 0) is 18.2 Å². The molecule has 0 fully saturated rings. The maximum atomic E-state index is 11.5. The first-order chi connectivity index (χ1) is 12.0. The Morgan fingerprint density at radius 1 is 1.40 bits per heavy atom. The lowest BCUT2D eigenvalue weighted by molar-refractivity contribution is 0.112. The van der Waals surface area contributed by atoms with Gasteiger partial charge in [0.1, 0.15) is 5.82 Å². The van der Waals surface area contributed by atoms with Crippen molar-refractivity contribution in [3.63, 3.8) is 0 Å². The lowest BCUT2D eigenvalue weighted by Crippen LogP contribution is -2.28. The molecule has 25 heavy (non-hydrogen) atoms. The van der Waals surface area contributed by atoms with Gasteiger partial charge in [-0.25, -0.2) is 9.78 Å². The van der Waals surface area contributed by atoms with Gasteiger partial charge >= 0.3 is 6.03 Å². The fourth-order valence-electron chi connectivity index (χ4n) is 2.08. The number of carbonyl (C=O) groups excluding carboxylic acids is 2. The molecule has 0 bridgehead atoms. The van der Waals surface area contributed by atoms with Crippen LogP contribution in [0.4, 0.5) is 22.0 Å². The van der Waals surface area contributed by atoms with E-state index < -0.39 is 6.03 Å². The molecule has 0 radical (unpaired) electrons. The second-order valence-corrected chi connectivity index (χ2v) is 5.40. The molecule has 0 saturated carbocycles. The molecule has 130 valence electrons. The van der Waals surface area contributed by atoms with Crippen molar-refractivity contribution < 1.29 is 9.59 Å². The molecule has 1 heterocycles. The Morgan fingerprint density at radius 2 is 2.16 bits per heavy atom. The number of anilines is 3. The largest absolute Gasteiger partial charge is 0.341 e. The van der Waals surface area contributed by atoms with Gasteiger partial charge in [0.25, 0.3) is 0 Å². The van der Waals surface area contributed by atoms with E-state index in [1.54, 1.807) is 30.3 Å². The minimum atomic E-state index is -0.483. The molecule has 0 saturated heterocycles. The molecule has 0 spiro atoms. The zero-order valence-corrected chi connectivity index (χ0v) is 14.4. The Balaban J connectivity index is 2.43. The smallest absolute Gasteiger partial charge is 0.320 e. The van der Waals surface area contributed by atoms with Crippen LogP contribution in [0.1, 0.15) is 15.9 Å². The average molecular weight is 361 g/mol. The summed E-state index contributed by atoms with van der Waals surface area (Å²) in [5.74, 6) is 0.155. The third-order valence-corrected chi connectivity index (χ3v) is 3.59. The quantitative estimate of drug-likeness (QED) is 0.359. The number of benzene rings is 1. The van der Waals surface area contributed by atoms with Crippen molar-refractivity contribution in [2.24, 2.45) is 0 Å². The normalized spacial score (nSPS) is 9.88. The lowest BCUT2D eigenvalue weighted by atomic mass is 10.1. The number of aromatic nitrogens is 1. The first-order valence-corrected chi connectivity index (χ1v) is 7.61. The Labute approximate surface area is 149 Å². The second kappa shape index (κ2) is 8.11. The van der Waals surface area contributed by atoms with Gasteiger partial charge in [0, 0.05) is 31.5 Å². The Morgan fingerprint density at radius 3 is 2.76 bits per heavy atom. The van der Waals surface area contributed by atoms with Crippen molar-refractivity contribution in [2.45, 2.75) is 0 Å². The van der Waals surface area contributed by atoms with E-state index in [9.17, 15) is 9.59 Å². The highest BCUT2D eigenvalue weighted by Crippen LogP contribution is 2.26. The molecule has 0 aliphatic rings. The van der Waals surface area contributed by atoms with E-state index >= 15 is 0 Å². The first-order valence-electron chi connectivity index (χ1n) is 7.23. The van der Waals surface area contributed by atoms with Gasteiger partial charge in [0.15, 0.2) is 6.29 Å². The highest BCUT2D eigenvalue weighted by Gasteiger charge is 2.16. The van der Waals surface area contributed by atoms with E-state index in [0.717, 1.165) is 11.9 Å². The third-order valence-electron chi connectivity index (χ3n) is 3.35. The van der Waals surface area contributed by atoms with Crippen LogP contribution in [0, 0.1) is 5.41 Å². The number of nitrogens with zero attached hydrogens (tertiary/aromatic N) is 2. The highest BCUT2D eigenvalue weighted by molar-refractivity contribution is 6.30. The molecular weight excluding hydrogens is 344 g/mol. The van der Waals surface area contributed by atoms with Gasteiger partial charge < -0.3 is 10.7 Å². The lowest BCUT2D eigenvalue weighted by Gasteiger charge is -2.24. The summed E-state index contributed by atoms with van der Waals surface area (Å²) >= 11 is 6.00. The van der Waals surface area contributed by atoms with Crippen molar-refractivity contribution >= 4 is 47.3 Å². The summed E-state index contributed by atoms with van der Waals surface area (Å²) in [5.41, 5.74) is 4.64. The molecule has 2 aromatic rings. The Kier molecular flexibility index (Phi) is 5.91. The van der Waals surface area contributed by atoms with Crippen LogP contribution in [0.5, 0.6) is 0 Å². The minimum absolute atomic E-state index is 0.155. The van der Waals surface area contributed by atoms with E-state index in [1.807, 2.05) is 6.07 Å². The predicted octanol–water partition coefficient (Wildman–Crippen LogP) is 2.76. The topological polar surface area (TPSA) is 110 Å². The van der Waals surface area contributed by atoms with Gasteiger partial charge in [-0.15, -0.1) is 0 Å². The van der Waals surface area contributed by atoms with Crippen LogP contribution in [-0.2, 0) is 0 Å². The maximum absolute atomic E-state index is 11.5. The molecule has 8 nitrogen and oxygen atoms in total. The number of hydrogen-bond donors (Lipinski definition) is 4. The molecule has 2 amide bonds. The molecule has 1 aromatic carbocycles. The fourth-order valence-corrected chi connectivity index (χ4v) is 2.27. The van der Waals surface area contributed by atoms with Crippen molar-refractivity contribution in [2.75, 3.05) is 29.8 Å². The molecule has 1 aromatic heterocycles. The number of nitrogens with one attached hydrogen (secondary N) is 4. The summed E-state index contributed by atoms with van der Waals surface area (Å²) in [6.07, 6.45) is 2.96. The number of rotatable bonds is 6. The molecule has 9 heteroatoms. The maximum Gasteiger partial charge on any atom is 0.320 e. The third kappa shape index (κ3) is 4.24. The molecular formula is C16H17ClN6O2. The predicted molar refractivity (Wildman–Crippen MR) is 99.1 cm³/mol. The number of pyridine rings is 1. The summed E-state index contributed by atoms with van der Waals surface area (Å²) in [7, 11) is 3.20. The van der Waals surface area contributed by atoms with Crippen molar-refractivity contribution in [3.8, 4) is 0 Å². The number of halogens is 1. The van der Waals surface area contributed by atoms with Gasteiger partial charge in [-0.3, -0.25) is 20.5 Å². The molecule has 0 unspecified atom stereocenters. The summed E-state index contributed by atoms with van der Waals surface area (Å²) < 4.78 is 0.